The molecule has 0 bridgehead atoms. The molecule has 2 aromatic carbocycles. The highest BCUT2D eigenvalue weighted by molar-refractivity contribution is 6.35. The van der Waals surface area contributed by atoms with Crippen molar-refractivity contribution in [1.29, 1.82) is 0 Å². The topological polar surface area (TPSA) is 56.1 Å². The number of ether oxygens (including phenoxy) is 1. The Hall–Kier alpha value is -2.50. The normalized spacial score (nSPS) is 14.2. The fourth-order valence-electron chi connectivity index (χ4n) is 3.41. The van der Waals surface area contributed by atoms with E-state index in [1.165, 1.54) is 6.42 Å². The first-order valence-corrected chi connectivity index (χ1v) is 10.3. The van der Waals surface area contributed by atoms with Gasteiger partial charge < -0.3 is 14.6 Å². The molecule has 3 aromatic rings. The maximum absolute atomic E-state index is 12.7. The minimum absolute atomic E-state index is 0.271. The molecule has 5 nitrogen and oxygen atoms in total. The number of imidazole rings is 1. The first-order valence-electron chi connectivity index (χ1n) is 9.59. The molecule has 0 radical (unpaired) electrons. The van der Waals surface area contributed by atoms with Crippen LogP contribution >= 0.6 is 23.2 Å². The first kappa shape index (κ1) is 19.8. The third-order valence-corrected chi connectivity index (χ3v) is 5.47. The molecule has 0 aliphatic carbocycles. The number of aryl methyl sites for hydroxylation is 2. The Morgan fingerprint density at radius 1 is 1.21 bits per heavy atom. The van der Waals surface area contributed by atoms with Gasteiger partial charge in [-0.2, -0.15) is 0 Å². The standard InChI is InChI=1S/C22H21Cl2N3O2/c1-14(29-20-10-9-15(23)12-17(20)24)22(28)26-18-7-3-2-6-16(18)19-13-27-11-5-4-8-21(27)25-19/h2-3,6-7,9-10,12-14H,4-5,8,11H2,1H3,(H,26,28). The quantitative estimate of drug-likeness (QED) is 0.574. The number of aromatic nitrogens is 2. The van der Waals surface area contributed by atoms with Crippen molar-refractivity contribution in [3.8, 4) is 17.0 Å². The SMILES string of the molecule is CC(Oc1ccc(Cl)cc1Cl)C(=O)Nc1ccccc1-c1cn2c(n1)CCCC2. The number of hydrogen-bond donors (Lipinski definition) is 1. The molecule has 4 rings (SSSR count). The number of fused-ring (bicyclic) bond motifs is 1. The number of para-hydroxylation sites is 1. The zero-order chi connectivity index (χ0) is 20.4. The lowest BCUT2D eigenvalue weighted by Crippen LogP contribution is -2.30. The van der Waals surface area contributed by atoms with Crippen LogP contribution in [0, 0.1) is 0 Å². The van der Waals surface area contributed by atoms with Crippen LogP contribution in [0.15, 0.2) is 48.7 Å². The summed E-state index contributed by atoms with van der Waals surface area (Å²) in [6, 6.07) is 12.6. The minimum atomic E-state index is -0.739. The van der Waals surface area contributed by atoms with Gasteiger partial charge in [0.2, 0.25) is 0 Å². The van der Waals surface area contributed by atoms with E-state index in [-0.39, 0.29) is 5.91 Å². The van der Waals surface area contributed by atoms with Crippen LogP contribution in [0.5, 0.6) is 5.75 Å². The van der Waals surface area contributed by atoms with Gasteiger partial charge in [-0.15, -0.1) is 0 Å². The lowest BCUT2D eigenvalue weighted by molar-refractivity contribution is -0.122. The van der Waals surface area contributed by atoms with E-state index >= 15 is 0 Å². The Kier molecular flexibility index (Phi) is 5.79. The van der Waals surface area contributed by atoms with E-state index in [2.05, 4.69) is 16.1 Å². The van der Waals surface area contributed by atoms with Crippen LogP contribution in [-0.2, 0) is 17.8 Å². The second-order valence-electron chi connectivity index (χ2n) is 7.06. The number of nitrogens with one attached hydrogen (secondary N) is 1. The lowest BCUT2D eigenvalue weighted by atomic mass is 10.1. The number of rotatable bonds is 5. The predicted molar refractivity (Wildman–Crippen MR) is 116 cm³/mol. The van der Waals surface area contributed by atoms with E-state index < -0.39 is 6.10 Å². The summed E-state index contributed by atoms with van der Waals surface area (Å²) in [5.74, 6) is 1.24. The third kappa shape index (κ3) is 4.41. The van der Waals surface area contributed by atoms with E-state index in [0.717, 1.165) is 36.5 Å². The number of nitrogens with zero attached hydrogens (tertiary/aromatic N) is 2. The van der Waals surface area contributed by atoms with Crippen LogP contribution in [0.2, 0.25) is 10.0 Å². The average Bonchev–Trinajstić information content (AvgIpc) is 3.14. The third-order valence-electron chi connectivity index (χ3n) is 4.94. The van der Waals surface area contributed by atoms with Gasteiger partial charge in [0.1, 0.15) is 11.6 Å². The molecular weight excluding hydrogens is 409 g/mol. The first-order chi connectivity index (χ1) is 14.0. The zero-order valence-corrected chi connectivity index (χ0v) is 17.5. The van der Waals surface area contributed by atoms with Gasteiger partial charge in [0.15, 0.2) is 6.10 Å². The van der Waals surface area contributed by atoms with Gasteiger partial charge in [0.25, 0.3) is 5.91 Å². The van der Waals surface area contributed by atoms with Gasteiger partial charge in [0.05, 0.1) is 16.4 Å². The molecule has 2 heterocycles. The van der Waals surface area contributed by atoms with Gasteiger partial charge >= 0.3 is 0 Å². The maximum atomic E-state index is 12.7. The number of halogens is 2. The van der Waals surface area contributed by atoms with Crippen LogP contribution in [0.25, 0.3) is 11.3 Å². The summed E-state index contributed by atoms with van der Waals surface area (Å²) in [7, 11) is 0. The summed E-state index contributed by atoms with van der Waals surface area (Å²) >= 11 is 12.1. The number of benzene rings is 2. The Bertz CT molecular complexity index is 1020. The highest BCUT2D eigenvalue weighted by atomic mass is 35.5. The fraction of sp³-hybridized carbons (Fsp3) is 0.273. The summed E-state index contributed by atoms with van der Waals surface area (Å²) in [5, 5.41) is 3.83. The van der Waals surface area contributed by atoms with E-state index in [1.807, 2.05) is 24.3 Å². The van der Waals surface area contributed by atoms with Gasteiger partial charge in [-0.1, -0.05) is 41.4 Å². The van der Waals surface area contributed by atoms with Crippen LogP contribution in [0.4, 0.5) is 5.69 Å². The molecule has 0 spiro atoms. The molecule has 1 aliphatic heterocycles. The molecule has 1 amide bonds. The van der Waals surface area contributed by atoms with Crippen LogP contribution in [0.3, 0.4) is 0 Å². The zero-order valence-electron chi connectivity index (χ0n) is 16.0. The minimum Gasteiger partial charge on any atom is -0.479 e. The van der Waals surface area contributed by atoms with Crippen molar-refractivity contribution in [2.75, 3.05) is 5.32 Å². The fourth-order valence-corrected chi connectivity index (χ4v) is 3.86. The predicted octanol–water partition coefficient (Wildman–Crippen LogP) is 5.60. The molecule has 1 aromatic heterocycles. The van der Waals surface area contributed by atoms with E-state index in [1.54, 1.807) is 25.1 Å². The van der Waals surface area contributed by atoms with Gasteiger partial charge in [-0.3, -0.25) is 4.79 Å². The van der Waals surface area contributed by atoms with Crippen molar-refractivity contribution in [2.45, 2.75) is 38.8 Å². The van der Waals surface area contributed by atoms with Crippen molar-refractivity contribution in [3.05, 3.63) is 64.5 Å². The Morgan fingerprint density at radius 3 is 2.83 bits per heavy atom. The highest BCUT2D eigenvalue weighted by Gasteiger charge is 2.20. The molecular formula is C22H21Cl2N3O2. The largest absolute Gasteiger partial charge is 0.479 e. The second-order valence-corrected chi connectivity index (χ2v) is 7.91. The summed E-state index contributed by atoms with van der Waals surface area (Å²) in [6.07, 6.45) is 4.64. The second kappa shape index (κ2) is 8.47. The Labute approximate surface area is 179 Å². The summed E-state index contributed by atoms with van der Waals surface area (Å²) in [6.45, 7) is 2.67. The molecule has 0 saturated carbocycles. The van der Waals surface area contributed by atoms with Crippen molar-refractivity contribution in [3.63, 3.8) is 0 Å². The van der Waals surface area contributed by atoms with E-state index in [0.29, 0.717) is 21.5 Å². The molecule has 0 fully saturated rings. The lowest BCUT2D eigenvalue weighted by Gasteiger charge is -2.17. The summed E-state index contributed by atoms with van der Waals surface area (Å²) < 4.78 is 7.92. The van der Waals surface area contributed by atoms with Crippen LogP contribution < -0.4 is 10.1 Å². The molecule has 1 N–H and O–H groups in total. The van der Waals surface area contributed by atoms with Gasteiger partial charge in [0, 0.05) is 29.7 Å². The molecule has 1 unspecified atom stereocenters. The smallest absolute Gasteiger partial charge is 0.265 e. The van der Waals surface area contributed by atoms with E-state index in [4.69, 9.17) is 32.9 Å². The van der Waals surface area contributed by atoms with Crippen molar-refractivity contribution < 1.29 is 9.53 Å². The number of carbonyl (C=O) groups is 1. The maximum Gasteiger partial charge on any atom is 0.265 e. The monoisotopic (exact) mass is 429 g/mol. The Morgan fingerprint density at radius 2 is 2.03 bits per heavy atom. The highest BCUT2D eigenvalue weighted by Crippen LogP contribution is 2.30. The molecule has 1 atom stereocenters. The number of anilines is 1. The van der Waals surface area contributed by atoms with Crippen molar-refractivity contribution in [2.24, 2.45) is 0 Å². The van der Waals surface area contributed by atoms with Gasteiger partial charge in [-0.25, -0.2) is 4.98 Å². The molecule has 150 valence electrons. The van der Waals surface area contributed by atoms with Crippen LogP contribution in [0.1, 0.15) is 25.6 Å². The molecule has 1 aliphatic rings. The summed E-state index contributed by atoms with van der Waals surface area (Å²) in [4.78, 5) is 17.5. The van der Waals surface area contributed by atoms with Crippen molar-refractivity contribution >= 4 is 34.8 Å². The molecule has 7 heteroatoms. The number of carbonyl (C=O) groups excluding carboxylic acids is 1. The van der Waals surface area contributed by atoms with Crippen molar-refractivity contribution in [1.82, 2.24) is 9.55 Å². The number of amides is 1. The van der Waals surface area contributed by atoms with E-state index in [9.17, 15) is 4.79 Å². The molecule has 29 heavy (non-hydrogen) atoms. The Balaban J connectivity index is 1.52. The summed E-state index contributed by atoms with van der Waals surface area (Å²) in [5.41, 5.74) is 2.46. The van der Waals surface area contributed by atoms with Crippen LogP contribution in [-0.4, -0.2) is 21.6 Å². The number of hydrogen-bond acceptors (Lipinski definition) is 3. The average molecular weight is 430 g/mol. The van der Waals surface area contributed by atoms with Gasteiger partial charge in [-0.05, 0) is 44.0 Å². The molecule has 0 saturated heterocycles.